The van der Waals surface area contributed by atoms with Crippen molar-refractivity contribution < 1.29 is 0 Å². The van der Waals surface area contributed by atoms with Gasteiger partial charge in [0.2, 0.25) is 0 Å². The van der Waals surface area contributed by atoms with Crippen molar-refractivity contribution in [1.29, 1.82) is 5.26 Å². The largest absolute Gasteiger partial charge is 0.192 e. The Morgan fingerprint density at radius 3 is 2.36 bits per heavy atom. The molecule has 2 aromatic carbocycles. The van der Waals surface area contributed by atoms with Gasteiger partial charge in [-0.25, -0.2) is 0 Å². The molecule has 130 valence electrons. The van der Waals surface area contributed by atoms with Crippen molar-refractivity contribution in [1.82, 2.24) is 0 Å². The lowest BCUT2D eigenvalue weighted by molar-refractivity contribution is 0.639. The molecular weight excluding hydrogens is 346 g/mol. The van der Waals surface area contributed by atoms with E-state index in [0.29, 0.717) is 0 Å². The third-order valence-corrected chi connectivity index (χ3v) is 5.31. The van der Waals surface area contributed by atoms with Crippen LogP contribution in [-0.2, 0) is 0 Å². The Kier molecular flexibility index (Phi) is 9.26. The molecule has 0 heterocycles. The minimum atomic E-state index is 0.758. The second-order valence-corrected chi connectivity index (χ2v) is 7.38. The molecule has 0 N–H and O–H groups in total. The van der Waals surface area contributed by atoms with E-state index < -0.39 is 0 Å². The second-order valence-electron chi connectivity index (χ2n) is 5.89. The minimum Gasteiger partial charge on any atom is -0.192 e. The van der Waals surface area contributed by atoms with Crippen molar-refractivity contribution in [2.45, 2.75) is 48.3 Å². The highest BCUT2D eigenvalue weighted by atomic mass is 35.5. The summed E-state index contributed by atoms with van der Waals surface area (Å²) >= 11 is 7.40. The molecule has 2 rings (SSSR count). The first-order valence-corrected chi connectivity index (χ1v) is 10.2. The first kappa shape index (κ1) is 19.6. The maximum Gasteiger partial charge on any atom is 0.0994 e. The molecule has 0 aliphatic rings. The van der Waals surface area contributed by atoms with Crippen molar-refractivity contribution in [3.8, 4) is 6.07 Å². The molecule has 25 heavy (non-hydrogen) atoms. The van der Waals surface area contributed by atoms with E-state index in [4.69, 9.17) is 11.6 Å². The number of rotatable bonds is 10. The van der Waals surface area contributed by atoms with Gasteiger partial charge in [0.05, 0.1) is 11.6 Å². The lowest BCUT2D eigenvalue weighted by atomic mass is 10.0. The van der Waals surface area contributed by atoms with Crippen LogP contribution in [0.2, 0.25) is 0 Å². The average Bonchev–Trinajstić information content (AvgIpc) is 2.66. The van der Waals surface area contributed by atoms with Gasteiger partial charge >= 0.3 is 0 Å². The third kappa shape index (κ3) is 6.98. The van der Waals surface area contributed by atoms with Gasteiger partial charge in [0, 0.05) is 21.2 Å². The lowest BCUT2D eigenvalue weighted by Gasteiger charge is -2.08. The Labute approximate surface area is 160 Å². The normalized spacial score (nSPS) is 11.3. The van der Waals surface area contributed by atoms with E-state index in [9.17, 15) is 5.26 Å². The SMILES string of the molecule is N#C/C(=C\CCCCCCCCl)c1ccccc1Sc1ccccc1. The van der Waals surface area contributed by atoms with Gasteiger partial charge in [0.15, 0.2) is 0 Å². The highest BCUT2D eigenvalue weighted by molar-refractivity contribution is 7.99. The van der Waals surface area contributed by atoms with Gasteiger partial charge in [-0.15, -0.1) is 11.6 Å². The van der Waals surface area contributed by atoms with Crippen LogP contribution in [0.5, 0.6) is 0 Å². The van der Waals surface area contributed by atoms with Gasteiger partial charge in [0.1, 0.15) is 0 Å². The number of alkyl halides is 1. The summed E-state index contributed by atoms with van der Waals surface area (Å²) in [4.78, 5) is 2.31. The summed E-state index contributed by atoms with van der Waals surface area (Å²) < 4.78 is 0. The van der Waals surface area contributed by atoms with Gasteiger partial charge in [-0.2, -0.15) is 5.26 Å². The fraction of sp³-hybridized carbons (Fsp3) is 0.318. The highest BCUT2D eigenvalue weighted by Gasteiger charge is 2.08. The molecule has 0 spiro atoms. The molecule has 1 nitrogen and oxygen atoms in total. The Balaban J connectivity index is 2.00. The van der Waals surface area contributed by atoms with Crippen LogP contribution in [0.15, 0.2) is 70.5 Å². The Bertz CT molecular complexity index is 703. The van der Waals surface area contributed by atoms with Crippen LogP contribution in [0.3, 0.4) is 0 Å². The Morgan fingerprint density at radius 2 is 1.60 bits per heavy atom. The van der Waals surface area contributed by atoms with Crippen LogP contribution in [0, 0.1) is 11.3 Å². The van der Waals surface area contributed by atoms with Crippen molar-refractivity contribution in [2.24, 2.45) is 0 Å². The molecule has 0 aliphatic heterocycles. The fourth-order valence-electron chi connectivity index (χ4n) is 2.63. The van der Waals surface area contributed by atoms with Crippen LogP contribution < -0.4 is 0 Å². The van der Waals surface area contributed by atoms with Crippen molar-refractivity contribution in [2.75, 3.05) is 5.88 Å². The maximum absolute atomic E-state index is 9.60. The van der Waals surface area contributed by atoms with E-state index in [1.54, 1.807) is 11.8 Å². The van der Waals surface area contributed by atoms with Gasteiger partial charge < -0.3 is 0 Å². The molecule has 0 saturated carbocycles. The molecule has 0 saturated heterocycles. The van der Waals surface area contributed by atoms with Crippen LogP contribution in [-0.4, -0.2) is 5.88 Å². The summed E-state index contributed by atoms with van der Waals surface area (Å²) in [6.07, 6.45) is 8.90. The number of hydrogen-bond donors (Lipinski definition) is 0. The van der Waals surface area contributed by atoms with Gasteiger partial charge in [-0.3, -0.25) is 0 Å². The molecule has 0 fully saturated rings. The summed E-state index contributed by atoms with van der Waals surface area (Å²) in [5.41, 5.74) is 1.81. The maximum atomic E-state index is 9.60. The van der Waals surface area contributed by atoms with E-state index in [1.165, 1.54) is 24.2 Å². The van der Waals surface area contributed by atoms with E-state index in [2.05, 4.69) is 30.3 Å². The van der Waals surface area contributed by atoms with Crippen LogP contribution >= 0.6 is 23.4 Å². The first-order chi connectivity index (χ1) is 12.3. The number of halogens is 1. The third-order valence-electron chi connectivity index (χ3n) is 3.95. The zero-order valence-corrected chi connectivity index (χ0v) is 16.0. The predicted molar refractivity (Wildman–Crippen MR) is 109 cm³/mol. The quantitative estimate of drug-likeness (QED) is 0.249. The number of nitriles is 1. The molecule has 0 bridgehead atoms. The highest BCUT2D eigenvalue weighted by Crippen LogP contribution is 2.33. The lowest BCUT2D eigenvalue weighted by Crippen LogP contribution is -1.87. The summed E-state index contributed by atoms with van der Waals surface area (Å²) in [5.74, 6) is 0.758. The van der Waals surface area contributed by atoms with Crippen LogP contribution in [0.25, 0.3) is 5.57 Å². The number of hydrogen-bond acceptors (Lipinski definition) is 2. The summed E-state index contributed by atoms with van der Waals surface area (Å²) in [6.45, 7) is 0. The van der Waals surface area contributed by atoms with Crippen LogP contribution in [0.4, 0.5) is 0 Å². The summed E-state index contributed by atoms with van der Waals surface area (Å²) in [5, 5.41) is 9.60. The zero-order chi connectivity index (χ0) is 17.7. The number of benzene rings is 2. The van der Waals surface area contributed by atoms with Crippen molar-refractivity contribution in [3.63, 3.8) is 0 Å². The Morgan fingerprint density at radius 1 is 0.920 bits per heavy atom. The molecule has 0 aliphatic carbocycles. The van der Waals surface area contributed by atoms with E-state index in [0.717, 1.165) is 41.2 Å². The molecule has 0 atom stereocenters. The predicted octanol–water partition coefficient (Wildman–Crippen LogP) is 7.32. The standard InChI is InChI=1S/C22H24ClNS/c23-17-11-4-2-1-3-6-12-19(18-24)21-15-9-10-16-22(21)25-20-13-7-5-8-14-20/h5,7-10,12-16H,1-4,6,11,17H2/b19-12+. The van der Waals surface area contributed by atoms with E-state index in [-0.39, 0.29) is 0 Å². The number of unbranched alkanes of at least 4 members (excludes halogenated alkanes) is 5. The fourth-order valence-corrected chi connectivity index (χ4v) is 3.80. The van der Waals surface area contributed by atoms with E-state index >= 15 is 0 Å². The molecular formula is C22H24ClNS. The Hall–Kier alpha value is -1.69. The first-order valence-electron chi connectivity index (χ1n) is 8.83. The summed E-state index contributed by atoms with van der Waals surface area (Å²) in [6, 6.07) is 20.8. The smallest absolute Gasteiger partial charge is 0.0994 e. The van der Waals surface area contributed by atoms with E-state index in [1.807, 2.05) is 36.4 Å². The van der Waals surface area contributed by atoms with Gasteiger partial charge in [0.25, 0.3) is 0 Å². The van der Waals surface area contributed by atoms with Gasteiger partial charge in [-0.05, 0) is 37.5 Å². The average molecular weight is 370 g/mol. The molecule has 0 unspecified atom stereocenters. The summed E-state index contributed by atoms with van der Waals surface area (Å²) in [7, 11) is 0. The molecule has 3 heteroatoms. The number of nitrogens with zero attached hydrogens (tertiary/aromatic N) is 1. The van der Waals surface area contributed by atoms with Crippen LogP contribution in [0.1, 0.15) is 44.1 Å². The minimum absolute atomic E-state index is 0.758. The zero-order valence-electron chi connectivity index (χ0n) is 14.5. The second kappa shape index (κ2) is 11.8. The molecule has 2 aromatic rings. The molecule has 0 aromatic heterocycles. The van der Waals surface area contributed by atoms with Crippen molar-refractivity contribution in [3.05, 3.63) is 66.2 Å². The molecule has 0 amide bonds. The number of allylic oxidation sites excluding steroid dienone is 2. The van der Waals surface area contributed by atoms with Gasteiger partial charge in [-0.1, -0.05) is 73.5 Å². The van der Waals surface area contributed by atoms with Crippen molar-refractivity contribution >= 4 is 28.9 Å². The monoisotopic (exact) mass is 369 g/mol. The topological polar surface area (TPSA) is 23.8 Å². The molecule has 0 radical (unpaired) electrons.